The van der Waals surface area contributed by atoms with Crippen molar-refractivity contribution in [2.45, 2.75) is 44.9 Å². The maximum atomic E-state index is 12.9. The summed E-state index contributed by atoms with van der Waals surface area (Å²) >= 11 is 0. The molecule has 1 fully saturated rings. The van der Waals surface area contributed by atoms with Crippen molar-refractivity contribution in [2.24, 2.45) is 5.73 Å². The average Bonchev–Trinajstić information content (AvgIpc) is 3.20. The predicted molar refractivity (Wildman–Crippen MR) is 109 cm³/mol. The fourth-order valence-corrected chi connectivity index (χ4v) is 3.88. The number of hydrogen-bond acceptors (Lipinski definition) is 4. The fourth-order valence-electron chi connectivity index (χ4n) is 3.88. The number of rotatable bonds is 5. The SMILES string of the molecule is CC(N)C1CCCCN1C(=O)c1ccc(COc2ccc3ccccc3c2)o1. The smallest absolute Gasteiger partial charge is 0.289 e. The Kier molecular flexibility index (Phi) is 5.35. The van der Waals surface area contributed by atoms with Gasteiger partial charge in [-0.1, -0.05) is 30.3 Å². The minimum absolute atomic E-state index is 0.0464. The molecule has 1 saturated heterocycles. The summed E-state index contributed by atoms with van der Waals surface area (Å²) in [5.74, 6) is 1.67. The van der Waals surface area contributed by atoms with E-state index in [1.54, 1.807) is 12.1 Å². The maximum absolute atomic E-state index is 12.9. The Hall–Kier alpha value is -2.79. The first-order chi connectivity index (χ1) is 13.6. The van der Waals surface area contributed by atoms with Crippen molar-refractivity contribution in [3.63, 3.8) is 0 Å². The number of nitrogens with two attached hydrogens (primary N) is 1. The molecule has 2 unspecified atom stereocenters. The van der Waals surface area contributed by atoms with Crippen LogP contribution in [0.2, 0.25) is 0 Å². The molecular formula is C23H26N2O3. The number of furan rings is 1. The van der Waals surface area contributed by atoms with Gasteiger partial charge in [-0.25, -0.2) is 0 Å². The number of nitrogens with zero attached hydrogens (tertiary/aromatic N) is 1. The Morgan fingerprint density at radius 2 is 2.00 bits per heavy atom. The van der Waals surface area contributed by atoms with Gasteiger partial charge < -0.3 is 19.8 Å². The summed E-state index contributed by atoms with van der Waals surface area (Å²) in [6, 6.07) is 17.7. The van der Waals surface area contributed by atoms with Crippen LogP contribution < -0.4 is 10.5 Å². The number of carbonyl (C=O) groups excluding carboxylic acids is 1. The van der Waals surface area contributed by atoms with Crippen molar-refractivity contribution in [2.75, 3.05) is 6.54 Å². The summed E-state index contributed by atoms with van der Waals surface area (Å²) in [7, 11) is 0. The lowest BCUT2D eigenvalue weighted by molar-refractivity contribution is 0.0548. The third kappa shape index (κ3) is 3.90. The van der Waals surface area contributed by atoms with E-state index in [1.807, 2.05) is 42.2 Å². The lowest BCUT2D eigenvalue weighted by Gasteiger charge is -2.37. The average molecular weight is 378 g/mol. The summed E-state index contributed by atoms with van der Waals surface area (Å²) in [6.45, 7) is 2.97. The second-order valence-electron chi connectivity index (χ2n) is 7.48. The molecule has 1 aromatic heterocycles. The highest BCUT2D eigenvalue weighted by atomic mass is 16.5. The van der Waals surface area contributed by atoms with Crippen LogP contribution in [-0.4, -0.2) is 29.4 Å². The van der Waals surface area contributed by atoms with E-state index in [2.05, 4.69) is 12.1 Å². The van der Waals surface area contributed by atoms with Gasteiger partial charge in [0.05, 0.1) is 0 Å². The zero-order valence-electron chi connectivity index (χ0n) is 16.1. The Bertz CT molecular complexity index is 963. The Labute approximate surface area is 165 Å². The fraction of sp³-hybridized carbons (Fsp3) is 0.348. The van der Waals surface area contributed by atoms with Crippen molar-refractivity contribution >= 4 is 16.7 Å². The third-order valence-corrected chi connectivity index (χ3v) is 5.39. The molecule has 4 rings (SSSR count). The van der Waals surface area contributed by atoms with Gasteiger partial charge in [0.2, 0.25) is 0 Å². The van der Waals surface area contributed by atoms with Gasteiger partial charge in [0.1, 0.15) is 18.1 Å². The second-order valence-corrected chi connectivity index (χ2v) is 7.48. The highest BCUT2D eigenvalue weighted by Gasteiger charge is 2.31. The largest absolute Gasteiger partial charge is 0.486 e. The number of ether oxygens (including phenoxy) is 1. The molecule has 0 aliphatic carbocycles. The van der Waals surface area contributed by atoms with E-state index in [0.29, 0.717) is 11.5 Å². The Balaban J connectivity index is 1.42. The third-order valence-electron chi connectivity index (χ3n) is 5.39. The topological polar surface area (TPSA) is 68.7 Å². The van der Waals surface area contributed by atoms with E-state index in [9.17, 15) is 4.79 Å². The summed E-state index contributed by atoms with van der Waals surface area (Å²) in [5, 5.41) is 2.30. The normalized spacial score (nSPS) is 18.2. The number of piperidine rings is 1. The van der Waals surface area contributed by atoms with E-state index in [-0.39, 0.29) is 24.6 Å². The van der Waals surface area contributed by atoms with Gasteiger partial charge in [0.15, 0.2) is 5.76 Å². The number of fused-ring (bicyclic) bond motifs is 1. The van der Waals surface area contributed by atoms with Crippen LogP contribution >= 0.6 is 0 Å². The van der Waals surface area contributed by atoms with Crippen molar-refractivity contribution in [1.82, 2.24) is 4.90 Å². The molecule has 1 amide bonds. The molecule has 2 atom stereocenters. The van der Waals surface area contributed by atoms with Gasteiger partial charge in [0, 0.05) is 18.6 Å². The second kappa shape index (κ2) is 8.07. The van der Waals surface area contributed by atoms with Crippen LogP contribution in [0.25, 0.3) is 10.8 Å². The molecule has 5 heteroatoms. The number of likely N-dealkylation sites (tertiary alicyclic amines) is 1. The molecule has 5 nitrogen and oxygen atoms in total. The van der Waals surface area contributed by atoms with Crippen LogP contribution in [0.5, 0.6) is 5.75 Å². The zero-order valence-corrected chi connectivity index (χ0v) is 16.1. The number of carbonyl (C=O) groups is 1. The molecule has 2 aromatic carbocycles. The van der Waals surface area contributed by atoms with Gasteiger partial charge in [-0.3, -0.25) is 4.79 Å². The Morgan fingerprint density at radius 1 is 1.18 bits per heavy atom. The predicted octanol–water partition coefficient (Wildman–Crippen LogP) is 4.35. The molecule has 0 bridgehead atoms. The summed E-state index contributed by atoms with van der Waals surface area (Å²) in [5.41, 5.74) is 6.09. The van der Waals surface area contributed by atoms with Crippen LogP contribution in [0.1, 0.15) is 42.5 Å². The van der Waals surface area contributed by atoms with Crippen molar-refractivity contribution in [3.05, 3.63) is 66.1 Å². The highest BCUT2D eigenvalue weighted by molar-refractivity contribution is 5.92. The van der Waals surface area contributed by atoms with Gasteiger partial charge in [0.25, 0.3) is 5.91 Å². The van der Waals surface area contributed by atoms with E-state index >= 15 is 0 Å². The number of hydrogen-bond donors (Lipinski definition) is 1. The molecule has 28 heavy (non-hydrogen) atoms. The molecule has 2 heterocycles. The quantitative estimate of drug-likeness (QED) is 0.716. The molecule has 146 valence electrons. The molecular weight excluding hydrogens is 352 g/mol. The molecule has 0 spiro atoms. The van der Waals surface area contributed by atoms with Gasteiger partial charge in [-0.05, 0) is 61.2 Å². The molecule has 1 aliphatic heterocycles. The van der Waals surface area contributed by atoms with Crippen molar-refractivity contribution in [1.29, 1.82) is 0 Å². The minimum atomic E-state index is -0.0843. The first-order valence-electron chi connectivity index (χ1n) is 9.89. The van der Waals surface area contributed by atoms with Gasteiger partial charge >= 0.3 is 0 Å². The van der Waals surface area contributed by atoms with Gasteiger partial charge in [-0.2, -0.15) is 0 Å². The monoisotopic (exact) mass is 378 g/mol. The number of amides is 1. The maximum Gasteiger partial charge on any atom is 0.289 e. The van der Waals surface area contributed by atoms with E-state index in [1.165, 1.54) is 5.39 Å². The summed E-state index contributed by atoms with van der Waals surface area (Å²) < 4.78 is 11.6. The Morgan fingerprint density at radius 3 is 2.82 bits per heavy atom. The number of benzene rings is 2. The minimum Gasteiger partial charge on any atom is -0.486 e. The van der Waals surface area contributed by atoms with E-state index in [0.717, 1.165) is 36.9 Å². The standard InChI is InChI=1S/C23H26N2O3/c1-16(24)21-8-4-5-13-25(21)23(26)22-12-11-20(28-22)15-27-19-10-9-17-6-2-3-7-18(17)14-19/h2-3,6-7,9-12,14,16,21H,4-5,8,13,15,24H2,1H3. The van der Waals surface area contributed by atoms with Crippen molar-refractivity contribution in [3.8, 4) is 5.75 Å². The lowest BCUT2D eigenvalue weighted by Crippen LogP contribution is -2.51. The van der Waals surface area contributed by atoms with Gasteiger partial charge in [-0.15, -0.1) is 0 Å². The van der Waals surface area contributed by atoms with Crippen LogP contribution in [0, 0.1) is 0 Å². The summed E-state index contributed by atoms with van der Waals surface area (Å²) in [6.07, 6.45) is 3.06. The molecule has 1 aliphatic rings. The van der Waals surface area contributed by atoms with Crippen LogP contribution in [0.3, 0.4) is 0 Å². The van der Waals surface area contributed by atoms with Crippen molar-refractivity contribution < 1.29 is 13.9 Å². The zero-order chi connectivity index (χ0) is 19.5. The van der Waals surface area contributed by atoms with Crippen LogP contribution in [0.4, 0.5) is 0 Å². The van der Waals surface area contributed by atoms with E-state index in [4.69, 9.17) is 14.9 Å². The highest BCUT2D eigenvalue weighted by Crippen LogP contribution is 2.24. The molecule has 2 N–H and O–H groups in total. The summed E-state index contributed by atoms with van der Waals surface area (Å²) in [4.78, 5) is 14.7. The van der Waals surface area contributed by atoms with E-state index < -0.39 is 0 Å². The first-order valence-corrected chi connectivity index (χ1v) is 9.89. The molecule has 0 saturated carbocycles. The molecule has 0 radical (unpaired) electrons. The van der Waals surface area contributed by atoms with Crippen LogP contribution in [0.15, 0.2) is 59.0 Å². The lowest BCUT2D eigenvalue weighted by atomic mass is 9.96. The first kappa shape index (κ1) is 18.6. The molecule has 3 aromatic rings. The van der Waals surface area contributed by atoms with Crippen LogP contribution in [-0.2, 0) is 6.61 Å².